The summed E-state index contributed by atoms with van der Waals surface area (Å²) in [7, 11) is 0. The number of piperidine rings is 1. The van der Waals surface area contributed by atoms with Crippen LogP contribution < -0.4 is 0 Å². The first-order valence-corrected chi connectivity index (χ1v) is 8.88. The van der Waals surface area contributed by atoms with E-state index in [0.29, 0.717) is 25.1 Å². The van der Waals surface area contributed by atoms with Crippen molar-refractivity contribution in [3.8, 4) is 0 Å². The van der Waals surface area contributed by atoms with E-state index in [1.807, 2.05) is 42.5 Å². The van der Waals surface area contributed by atoms with Gasteiger partial charge in [-0.15, -0.1) is 0 Å². The van der Waals surface area contributed by atoms with E-state index in [1.54, 1.807) is 11.8 Å². The number of likely N-dealkylation sites (tertiary alicyclic amines) is 1. The van der Waals surface area contributed by atoms with Gasteiger partial charge in [-0.2, -0.15) is 0 Å². The van der Waals surface area contributed by atoms with Crippen molar-refractivity contribution in [2.45, 2.75) is 26.2 Å². The van der Waals surface area contributed by atoms with Gasteiger partial charge in [-0.25, -0.2) is 0 Å². The minimum Gasteiger partial charge on any atom is -0.481 e. The minimum atomic E-state index is -0.863. The van der Waals surface area contributed by atoms with Gasteiger partial charge in [0, 0.05) is 18.5 Å². The molecular weight excluding hydrogens is 330 g/mol. The van der Waals surface area contributed by atoms with E-state index in [4.69, 9.17) is 4.42 Å². The highest BCUT2D eigenvalue weighted by molar-refractivity contribution is 6.06. The van der Waals surface area contributed by atoms with E-state index in [0.717, 1.165) is 21.7 Å². The predicted molar refractivity (Wildman–Crippen MR) is 99.0 cm³/mol. The lowest BCUT2D eigenvalue weighted by Gasteiger charge is -2.37. The number of nitrogens with zero attached hydrogens (tertiary/aromatic N) is 1. The zero-order chi connectivity index (χ0) is 18.3. The molecule has 1 atom stereocenters. The summed E-state index contributed by atoms with van der Waals surface area (Å²) < 4.78 is 5.87. The third-order valence-electron chi connectivity index (χ3n) is 5.37. The predicted octanol–water partition coefficient (Wildman–Crippen LogP) is 3.84. The van der Waals surface area contributed by atoms with Crippen molar-refractivity contribution in [3.05, 3.63) is 48.2 Å². The van der Waals surface area contributed by atoms with Gasteiger partial charge in [0.2, 0.25) is 5.91 Å². The summed E-state index contributed by atoms with van der Waals surface area (Å²) >= 11 is 0. The third kappa shape index (κ3) is 2.83. The lowest BCUT2D eigenvalue weighted by Crippen LogP contribution is -2.48. The maximum Gasteiger partial charge on any atom is 0.311 e. The first-order valence-electron chi connectivity index (χ1n) is 8.88. The number of carboxylic acids is 1. The van der Waals surface area contributed by atoms with E-state index in [2.05, 4.69) is 0 Å². The Hall–Kier alpha value is -2.82. The van der Waals surface area contributed by atoms with Gasteiger partial charge >= 0.3 is 5.97 Å². The molecule has 1 saturated heterocycles. The number of fused-ring (bicyclic) bond motifs is 3. The smallest absolute Gasteiger partial charge is 0.311 e. The van der Waals surface area contributed by atoms with Gasteiger partial charge in [-0.1, -0.05) is 30.3 Å². The van der Waals surface area contributed by atoms with E-state index in [1.165, 1.54) is 0 Å². The van der Waals surface area contributed by atoms with Crippen LogP contribution in [0.2, 0.25) is 0 Å². The molecule has 1 fully saturated rings. The van der Waals surface area contributed by atoms with Crippen molar-refractivity contribution in [2.75, 3.05) is 13.1 Å². The van der Waals surface area contributed by atoms with Gasteiger partial charge in [0.1, 0.15) is 11.3 Å². The molecular formula is C21H21NO4. The van der Waals surface area contributed by atoms with Gasteiger partial charge in [-0.05, 0) is 42.7 Å². The molecule has 0 aliphatic carbocycles. The fourth-order valence-corrected chi connectivity index (χ4v) is 3.82. The number of carbonyl (C=O) groups is 2. The third-order valence-corrected chi connectivity index (χ3v) is 5.37. The Kier molecular flexibility index (Phi) is 3.94. The minimum absolute atomic E-state index is 0.0828. The van der Waals surface area contributed by atoms with Crippen LogP contribution >= 0.6 is 0 Å². The van der Waals surface area contributed by atoms with Crippen molar-refractivity contribution in [1.82, 2.24) is 4.90 Å². The molecule has 5 nitrogen and oxygen atoms in total. The average molecular weight is 351 g/mol. The molecule has 26 heavy (non-hydrogen) atoms. The topological polar surface area (TPSA) is 70.8 Å². The largest absolute Gasteiger partial charge is 0.481 e. The number of carboxylic acid groups (broad SMARTS) is 1. The molecule has 0 saturated carbocycles. The standard InChI is InChI=1S/C21H21NO4/c1-21(20(24)25)9-4-10-22(13-21)19(23)12-15-11-17-16-6-3-2-5-14(16)7-8-18(17)26-15/h2-3,5-8,11H,4,9-10,12-13H2,1H3,(H,24,25). The van der Waals surface area contributed by atoms with E-state index >= 15 is 0 Å². The zero-order valence-corrected chi connectivity index (χ0v) is 14.7. The van der Waals surface area contributed by atoms with Crippen LogP contribution in [-0.2, 0) is 16.0 Å². The van der Waals surface area contributed by atoms with Crippen molar-refractivity contribution >= 4 is 33.6 Å². The first kappa shape index (κ1) is 16.6. The van der Waals surface area contributed by atoms with Gasteiger partial charge in [0.25, 0.3) is 0 Å². The van der Waals surface area contributed by atoms with E-state index in [-0.39, 0.29) is 18.9 Å². The fourth-order valence-electron chi connectivity index (χ4n) is 3.82. The second-order valence-electron chi connectivity index (χ2n) is 7.37. The van der Waals surface area contributed by atoms with Crippen LogP contribution in [0.5, 0.6) is 0 Å². The second-order valence-corrected chi connectivity index (χ2v) is 7.37. The summed E-state index contributed by atoms with van der Waals surface area (Å²) in [6, 6.07) is 13.9. The van der Waals surface area contributed by atoms with E-state index < -0.39 is 11.4 Å². The second kappa shape index (κ2) is 6.16. The summed E-state index contributed by atoms with van der Waals surface area (Å²) in [6.07, 6.45) is 1.46. The molecule has 0 bridgehead atoms. The SMILES string of the molecule is CC1(C(=O)O)CCCN(C(=O)Cc2cc3c(ccc4ccccc43)o2)C1. The van der Waals surface area contributed by atoms with E-state index in [9.17, 15) is 14.7 Å². The normalized spacial score (nSPS) is 20.6. The average Bonchev–Trinajstić information content (AvgIpc) is 3.04. The molecule has 1 aliphatic rings. The van der Waals surface area contributed by atoms with Crippen molar-refractivity contribution < 1.29 is 19.1 Å². The Bertz CT molecular complexity index is 1010. The molecule has 1 aromatic heterocycles. The van der Waals surface area contributed by atoms with Crippen molar-refractivity contribution in [1.29, 1.82) is 0 Å². The van der Waals surface area contributed by atoms with Gasteiger partial charge in [-0.3, -0.25) is 9.59 Å². The number of amides is 1. The Morgan fingerprint density at radius 2 is 2.00 bits per heavy atom. The Morgan fingerprint density at radius 1 is 1.19 bits per heavy atom. The Balaban J connectivity index is 1.58. The number of carbonyl (C=O) groups excluding carboxylic acids is 1. The number of furan rings is 1. The summed E-state index contributed by atoms with van der Waals surface area (Å²) in [6.45, 7) is 2.57. The van der Waals surface area contributed by atoms with Crippen LogP contribution in [0.3, 0.4) is 0 Å². The van der Waals surface area contributed by atoms with Gasteiger partial charge < -0.3 is 14.4 Å². The molecule has 2 heterocycles. The van der Waals surface area contributed by atoms with Crippen LogP contribution in [0, 0.1) is 5.41 Å². The van der Waals surface area contributed by atoms with Crippen molar-refractivity contribution in [3.63, 3.8) is 0 Å². The fraction of sp³-hybridized carbons (Fsp3) is 0.333. The lowest BCUT2D eigenvalue weighted by atomic mass is 9.82. The number of aliphatic carboxylic acids is 1. The highest BCUT2D eigenvalue weighted by Gasteiger charge is 2.39. The molecule has 0 radical (unpaired) electrons. The lowest BCUT2D eigenvalue weighted by molar-refractivity contribution is -0.153. The quantitative estimate of drug-likeness (QED) is 0.778. The van der Waals surface area contributed by atoms with Gasteiger partial charge in [0.05, 0.1) is 11.8 Å². The molecule has 1 unspecified atom stereocenters. The van der Waals surface area contributed by atoms with Crippen LogP contribution in [-0.4, -0.2) is 35.0 Å². The molecule has 5 heteroatoms. The molecule has 4 rings (SSSR count). The first-order chi connectivity index (χ1) is 12.5. The van der Waals surface area contributed by atoms with Crippen molar-refractivity contribution in [2.24, 2.45) is 5.41 Å². The maximum atomic E-state index is 12.7. The van der Waals surface area contributed by atoms with Gasteiger partial charge in [0.15, 0.2) is 0 Å². The van der Waals surface area contributed by atoms with Crippen LogP contribution in [0.1, 0.15) is 25.5 Å². The number of benzene rings is 2. The highest BCUT2D eigenvalue weighted by atomic mass is 16.4. The summed E-state index contributed by atoms with van der Waals surface area (Å²) in [5, 5.41) is 12.7. The van der Waals surface area contributed by atoms with Crippen LogP contribution in [0.4, 0.5) is 0 Å². The van der Waals surface area contributed by atoms with Crippen LogP contribution in [0.15, 0.2) is 46.9 Å². The summed E-state index contributed by atoms with van der Waals surface area (Å²) in [5.74, 6) is -0.310. The Morgan fingerprint density at radius 3 is 2.81 bits per heavy atom. The highest BCUT2D eigenvalue weighted by Crippen LogP contribution is 2.31. The zero-order valence-electron chi connectivity index (χ0n) is 14.7. The molecule has 2 aromatic carbocycles. The number of hydrogen-bond donors (Lipinski definition) is 1. The molecule has 1 amide bonds. The summed E-state index contributed by atoms with van der Waals surface area (Å²) in [5.41, 5.74) is -0.0987. The molecule has 1 N–H and O–H groups in total. The molecule has 3 aromatic rings. The number of hydrogen-bond acceptors (Lipinski definition) is 3. The maximum absolute atomic E-state index is 12.7. The molecule has 0 spiro atoms. The molecule has 134 valence electrons. The Labute approximate surface area is 151 Å². The van der Waals surface area contributed by atoms with Crippen LogP contribution in [0.25, 0.3) is 21.7 Å². The monoisotopic (exact) mass is 351 g/mol. The number of rotatable bonds is 3. The summed E-state index contributed by atoms with van der Waals surface area (Å²) in [4.78, 5) is 25.8. The molecule has 1 aliphatic heterocycles.